The summed E-state index contributed by atoms with van der Waals surface area (Å²) >= 11 is 6.03. The van der Waals surface area contributed by atoms with E-state index in [1.807, 2.05) is 45.0 Å². The Morgan fingerprint density at radius 2 is 1.83 bits per heavy atom. The zero-order valence-corrected chi connectivity index (χ0v) is 18.0. The lowest BCUT2D eigenvalue weighted by Crippen LogP contribution is -2.34. The van der Waals surface area contributed by atoms with Crippen LogP contribution in [0.2, 0.25) is 5.02 Å². The number of nitrogen functional groups attached to an aromatic ring is 1. The van der Waals surface area contributed by atoms with Crippen LogP contribution in [0, 0.1) is 0 Å². The van der Waals surface area contributed by atoms with Gasteiger partial charge in [0.2, 0.25) is 0 Å². The molecule has 0 radical (unpaired) electrons. The SMILES string of the molecule is CC(C)(C)n1ncc(C(=O)c2cccc(Cl)c2)c1C(=O)NCCc1ccc(N)cc1. The van der Waals surface area contributed by atoms with Gasteiger partial charge in [-0.25, -0.2) is 0 Å². The van der Waals surface area contributed by atoms with Crippen LogP contribution in [0.3, 0.4) is 0 Å². The number of hydrogen-bond acceptors (Lipinski definition) is 4. The number of benzene rings is 2. The van der Waals surface area contributed by atoms with Crippen molar-refractivity contribution in [2.75, 3.05) is 12.3 Å². The van der Waals surface area contributed by atoms with E-state index >= 15 is 0 Å². The number of anilines is 1. The lowest BCUT2D eigenvalue weighted by atomic mass is 10.0. The molecule has 2 aromatic carbocycles. The van der Waals surface area contributed by atoms with Gasteiger partial charge in [0, 0.05) is 22.8 Å². The third-order valence-electron chi connectivity index (χ3n) is 4.63. The number of ketones is 1. The summed E-state index contributed by atoms with van der Waals surface area (Å²) in [5, 5.41) is 7.71. The van der Waals surface area contributed by atoms with Crippen molar-refractivity contribution >= 4 is 29.0 Å². The van der Waals surface area contributed by atoms with Crippen LogP contribution in [-0.2, 0) is 12.0 Å². The summed E-state index contributed by atoms with van der Waals surface area (Å²) in [7, 11) is 0. The minimum absolute atomic E-state index is 0.241. The highest BCUT2D eigenvalue weighted by molar-refractivity contribution is 6.31. The first-order valence-electron chi connectivity index (χ1n) is 9.68. The number of nitrogens with zero attached hydrogens (tertiary/aromatic N) is 2. The summed E-state index contributed by atoms with van der Waals surface area (Å²) in [4.78, 5) is 26.2. The van der Waals surface area contributed by atoms with Crippen LogP contribution in [-0.4, -0.2) is 28.0 Å². The predicted octanol–water partition coefficient (Wildman–Crippen LogP) is 4.08. The second-order valence-electron chi connectivity index (χ2n) is 8.08. The van der Waals surface area contributed by atoms with Crippen LogP contribution in [0.5, 0.6) is 0 Å². The summed E-state index contributed by atoms with van der Waals surface area (Å²) in [6.45, 7) is 6.21. The third kappa shape index (κ3) is 4.89. The first-order valence-corrected chi connectivity index (χ1v) is 10.1. The number of amides is 1. The normalized spacial score (nSPS) is 11.3. The molecule has 7 heteroatoms. The van der Waals surface area contributed by atoms with Gasteiger partial charge in [0.25, 0.3) is 5.91 Å². The van der Waals surface area contributed by atoms with Crippen molar-refractivity contribution in [3.05, 3.63) is 82.1 Å². The van der Waals surface area contributed by atoms with Crippen molar-refractivity contribution in [2.45, 2.75) is 32.7 Å². The summed E-state index contributed by atoms with van der Waals surface area (Å²) in [5.74, 6) is -0.639. The maximum atomic E-state index is 13.1. The van der Waals surface area contributed by atoms with Crippen molar-refractivity contribution in [2.24, 2.45) is 0 Å². The fourth-order valence-corrected chi connectivity index (χ4v) is 3.31. The van der Waals surface area contributed by atoms with E-state index in [2.05, 4.69) is 10.4 Å². The fraction of sp³-hybridized carbons (Fsp3) is 0.261. The molecule has 6 nitrogen and oxygen atoms in total. The average molecular weight is 425 g/mol. The van der Waals surface area contributed by atoms with E-state index in [-0.39, 0.29) is 22.9 Å². The first-order chi connectivity index (χ1) is 14.2. The topological polar surface area (TPSA) is 90.0 Å². The minimum Gasteiger partial charge on any atom is -0.399 e. The molecule has 3 aromatic rings. The molecule has 0 saturated heterocycles. The monoisotopic (exact) mass is 424 g/mol. The van der Waals surface area contributed by atoms with Gasteiger partial charge in [-0.1, -0.05) is 35.9 Å². The maximum absolute atomic E-state index is 13.1. The number of nitrogens with one attached hydrogen (secondary N) is 1. The Hall–Kier alpha value is -3.12. The quantitative estimate of drug-likeness (QED) is 0.461. The van der Waals surface area contributed by atoms with E-state index in [0.29, 0.717) is 29.2 Å². The molecule has 3 rings (SSSR count). The Labute approximate surface area is 181 Å². The number of rotatable bonds is 6. The predicted molar refractivity (Wildman–Crippen MR) is 119 cm³/mol. The van der Waals surface area contributed by atoms with Gasteiger partial charge in [-0.15, -0.1) is 0 Å². The molecule has 0 aliphatic heterocycles. The standard InChI is InChI=1S/C23H25ClN4O2/c1-23(2,3)28-20(22(30)26-12-11-15-7-9-18(25)10-8-15)19(14-27-28)21(29)16-5-4-6-17(24)13-16/h4-10,13-14H,11-12,25H2,1-3H3,(H,26,30). The van der Waals surface area contributed by atoms with Gasteiger partial charge in [0.1, 0.15) is 5.69 Å². The summed E-state index contributed by atoms with van der Waals surface area (Å²) in [5.41, 5.74) is 7.88. The Kier molecular flexibility index (Phi) is 6.27. The Bertz CT molecular complexity index is 1070. The van der Waals surface area contributed by atoms with Crippen molar-refractivity contribution in [1.82, 2.24) is 15.1 Å². The highest BCUT2D eigenvalue weighted by atomic mass is 35.5. The smallest absolute Gasteiger partial charge is 0.270 e. The number of hydrogen-bond donors (Lipinski definition) is 2. The number of aromatic nitrogens is 2. The average Bonchev–Trinajstić information content (AvgIpc) is 3.14. The molecule has 1 heterocycles. The van der Waals surface area contributed by atoms with E-state index in [1.54, 1.807) is 28.9 Å². The molecule has 156 valence electrons. The maximum Gasteiger partial charge on any atom is 0.270 e. The van der Waals surface area contributed by atoms with Crippen molar-refractivity contribution in [3.63, 3.8) is 0 Å². The van der Waals surface area contributed by atoms with Crippen molar-refractivity contribution in [3.8, 4) is 0 Å². The first kappa shape index (κ1) is 21.6. The number of carbonyl (C=O) groups is 2. The molecule has 3 N–H and O–H groups in total. The molecular formula is C23H25ClN4O2. The number of halogens is 1. The van der Waals surface area contributed by atoms with Gasteiger partial charge in [0.15, 0.2) is 5.78 Å². The van der Waals surface area contributed by atoms with E-state index in [0.717, 1.165) is 5.56 Å². The molecule has 0 fully saturated rings. The molecular weight excluding hydrogens is 400 g/mol. The Balaban J connectivity index is 1.85. The lowest BCUT2D eigenvalue weighted by Gasteiger charge is -2.22. The van der Waals surface area contributed by atoms with Crippen LogP contribution >= 0.6 is 11.6 Å². The molecule has 0 aliphatic rings. The Morgan fingerprint density at radius 3 is 2.47 bits per heavy atom. The van der Waals surface area contributed by atoms with E-state index in [4.69, 9.17) is 17.3 Å². The molecule has 0 spiro atoms. The van der Waals surface area contributed by atoms with Crippen LogP contribution in [0.15, 0.2) is 54.7 Å². The van der Waals surface area contributed by atoms with Crippen LogP contribution < -0.4 is 11.1 Å². The number of nitrogens with two attached hydrogens (primary N) is 1. The zero-order chi connectivity index (χ0) is 21.9. The van der Waals surface area contributed by atoms with Crippen LogP contribution in [0.25, 0.3) is 0 Å². The molecule has 0 aliphatic carbocycles. The third-order valence-corrected chi connectivity index (χ3v) is 4.87. The molecule has 0 unspecified atom stereocenters. The van der Waals surface area contributed by atoms with Gasteiger partial charge in [-0.3, -0.25) is 14.3 Å². The van der Waals surface area contributed by atoms with Crippen molar-refractivity contribution in [1.29, 1.82) is 0 Å². The van der Waals surface area contributed by atoms with Gasteiger partial charge in [0.05, 0.1) is 17.3 Å². The highest BCUT2D eigenvalue weighted by Gasteiger charge is 2.29. The van der Waals surface area contributed by atoms with Crippen LogP contribution in [0.4, 0.5) is 5.69 Å². The second-order valence-corrected chi connectivity index (χ2v) is 8.51. The van der Waals surface area contributed by atoms with Crippen LogP contribution in [0.1, 0.15) is 52.7 Å². The summed E-state index contributed by atoms with van der Waals surface area (Å²) < 4.78 is 1.59. The van der Waals surface area contributed by atoms with Gasteiger partial charge < -0.3 is 11.1 Å². The number of carbonyl (C=O) groups excluding carboxylic acids is 2. The van der Waals surface area contributed by atoms with E-state index in [9.17, 15) is 9.59 Å². The fourth-order valence-electron chi connectivity index (χ4n) is 3.12. The highest BCUT2D eigenvalue weighted by Crippen LogP contribution is 2.23. The van der Waals surface area contributed by atoms with E-state index in [1.165, 1.54) is 6.20 Å². The molecule has 0 bridgehead atoms. The molecule has 0 saturated carbocycles. The minimum atomic E-state index is -0.476. The molecule has 30 heavy (non-hydrogen) atoms. The van der Waals surface area contributed by atoms with Gasteiger partial charge >= 0.3 is 0 Å². The molecule has 0 atom stereocenters. The lowest BCUT2D eigenvalue weighted by molar-refractivity contribution is 0.0925. The van der Waals surface area contributed by atoms with E-state index < -0.39 is 5.54 Å². The summed E-state index contributed by atoms with van der Waals surface area (Å²) in [6, 6.07) is 14.2. The molecule has 1 amide bonds. The Morgan fingerprint density at radius 1 is 1.13 bits per heavy atom. The van der Waals surface area contributed by atoms with Gasteiger partial charge in [-0.2, -0.15) is 5.10 Å². The van der Waals surface area contributed by atoms with Crippen molar-refractivity contribution < 1.29 is 9.59 Å². The van der Waals surface area contributed by atoms with Gasteiger partial charge in [-0.05, 0) is 57.0 Å². The second kappa shape index (κ2) is 8.71. The zero-order valence-electron chi connectivity index (χ0n) is 17.3. The summed E-state index contributed by atoms with van der Waals surface area (Å²) in [6.07, 6.45) is 2.09. The molecule has 1 aromatic heterocycles. The largest absolute Gasteiger partial charge is 0.399 e.